The molecule has 0 aliphatic heterocycles. The average Bonchev–Trinajstić information content (AvgIpc) is 2.26. The van der Waals surface area contributed by atoms with Gasteiger partial charge < -0.3 is 9.84 Å². The Labute approximate surface area is 105 Å². The summed E-state index contributed by atoms with van der Waals surface area (Å²) in [4.78, 5) is 10.5. The number of rotatable bonds is 5. The first-order chi connectivity index (χ1) is 8.65. The Hall–Kier alpha value is -1.68. The number of carboxylic acid groups (broad SMARTS) is 1. The van der Waals surface area contributed by atoms with E-state index < -0.39 is 5.97 Å². The van der Waals surface area contributed by atoms with Crippen molar-refractivity contribution < 1.29 is 19.0 Å². The van der Waals surface area contributed by atoms with Gasteiger partial charge in [0.15, 0.2) is 0 Å². The van der Waals surface area contributed by atoms with Gasteiger partial charge in [-0.3, -0.25) is 0 Å². The smallest absolute Gasteiger partial charge is 0.328 e. The Morgan fingerprint density at radius 1 is 1.50 bits per heavy atom. The van der Waals surface area contributed by atoms with Crippen LogP contribution < -0.4 is 0 Å². The zero-order valence-electron chi connectivity index (χ0n) is 9.93. The fourth-order valence-corrected chi connectivity index (χ4v) is 1.76. The molecule has 1 saturated carbocycles. The second kappa shape index (κ2) is 5.78. The summed E-state index contributed by atoms with van der Waals surface area (Å²) < 4.78 is 18.8. The lowest BCUT2D eigenvalue weighted by Gasteiger charge is -2.25. The van der Waals surface area contributed by atoms with E-state index in [0.29, 0.717) is 18.3 Å². The van der Waals surface area contributed by atoms with Crippen molar-refractivity contribution in [3.05, 3.63) is 41.2 Å². The average molecular weight is 250 g/mol. The molecule has 1 aromatic rings. The molecule has 0 heterocycles. The quantitative estimate of drug-likeness (QED) is 0.817. The van der Waals surface area contributed by atoms with E-state index in [1.54, 1.807) is 6.07 Å². The number of hydrogen-bond donors (Lipinski definition) is 1. The third-order valence-corrected chi connectivity index (χ3v) is 3.04. The van der Waals surface area contributed by atoms with Crippen LogP contribution in [0.3, 0.4) is 0 Å². The van der Waals surface area contributed by atoms with Crippen molar-refractivity contribution >= 4 is 12.0 Å². The number of aliphatic carboxylic acids is 1. The van der Waals surface area contributed by atoms with Crippen LogP contribution in [-0.4, -0.2) is 17.2 Å². The van der Waals surface area contributed by atoms with Crippen molar-refractivity contribution in [2.45, 2.75) is 32.0 Å². The molecular weight excluding hydrogens is 235 g/mol. The van der Waals surface area contributed by atoms with Gasteiger partial charge in [-0.2, -0.15) is 0 Å². The zero-order valence-corrected chi connectivity index (χ0v) is 9.93. The minimum absolute atomic E-state index is 0.298. The second-order valence-corrected chi connectivity index (χ2v) is 4.38. The van der Waals surface area contributed by atoms with E-state index in [1.165, 1.54) is 24.6 Å². The summed E-state index contributed by atoms with van der Waals surface area (Å²) in [6, 6.07) is 4.31. The summed E-state index contributed by atoms with van der Waals surface area (Å²) in [5.74, 6) is -1.43. The van der Waals surface area contributed by atoms with Gasteiger partial charge in [-0.25, -0.2) is 9.18 Å². The largest absolute Gasteiger partial charge is 0.478 e. The van der Waals surface area contributed by atoms with E-state index in [-0.39, 0.29) is 5.82 Å². The fraction of sp³-hybridized carbons (Fsp3) is 0.357. The van der Waals surface area contributed by atoms with Crippen molar-refractivity contribution in [1.29, 1.82) is 0 Å². The maximum Gasteiger partial charge on any atom is 0.328 e. The van der Waals surface area contributed by atoms with E-state index in [9.17, 15) is 9.18 Å². The molecule has 4 heteroatoms. The third kappa shape index (κ3) is 3.40. The van der Waals surface area contributed by atoms with Gasteiger partial charge in [0.1, 0.15) is 5.82 Å². The molecule has 18 heavy (non-hydrogen) atoms. The van der Waals surface area contributed by atoms with Crippen LogP contribution in [0.15, 0.2) is 24.3 Å². The molecule has 0 radical (unpaired) electrons. The number of benzene rings is 1. The molecule has 0 saturated heterocycles. The predicted octanol–water partition coefficient (Wildman–Crippen LogP) is 2.99. The van der Waals surface area contributed by atoms with Crippen molar-refractivity contribution in [1.82, 2.24) is 0 Å². The summed E-state index contributed by atoms with van der Waals surface area (Å²) >= 11 is 0. The number of carbonyl (C=O) groups is 1. The molecule has 1 fully saturated rings. The maximum atomic E-state index is 13.1. The minimum Gasteiger partial charge on any atom is -0.478 e. The van der Waals surface area contributed by atoms with Crippen LogP contribution >= 0.6 is 0 Å². The van der Waals surface area contributed by atoms with Crippen LogP contribution in [0.4, 0.5) is 4.39 Å². The highest BCUT2D eigenvalue weighted by atomic mass is 19.1. The topological polar surface area (TPSA) is 46.5 Å². The Morgan fingerprint density at radius 2 is 2.28 bits per heavy atom. The number of hydrogen-bond acceptors (Lipinski definition) is 2. The number of ether oxygens (including phenoxy) is 1. The summed E-state index contributed by atoms with van der Waals surface area (Å²) in [6.07, 6.45) is 6.03. The van der Waals surface area contributed by atoms with Crippen LogP contribution in [0.5, 0.6) is 0 Å². The lowest BCUT2D eigenvalue weighted by atomic mass is 9.96. The van der Waals surface area contributed by atoms with Gasteiger partial charge >= 0.3 is 5.97 Å². The third-order valence-electron chi connectivity index (χ3n) is 3.04. The van der Waals surface area contributed by atoms with Gasteiger partial charge in [0.05, 0.1) is 12.7 Å². The maximum absolute atomic E-state index is 13.1. The van der Waals surface area contributed by atoms with E-state index in [0.717, 1.165) is 24.5 Å². The molecule has 0 unspecified atom stereocenters. The van der Waals surface area contributed by atoms with Crippen LogP contribution in [0, 0.1) is 5.82 Å². The Morgan fingerprint density at radius 3 is 2.89 bits per heavy atom. The molecule has 96 valence electrons. The summed E-state index contributed by atoms with van der Waals surface area (Å²) in [5, 5.41) is 8.59. The minimum atomic E-state index is -1.05. The van der Waals surface area contributed by atoms with Crippen LogP contribution in [0.1, 0.15) is 30.4 Å². The summed E-state index contributed by atoms with van der Waals surface area (Å²) in [6.45, 7) is 0.393. The second-order valence-electron chi connectivity index (χ2n) is 4.38. The molecule has 1 aromatic carbocycles. The zero-order chi connectivity index (χ0) is 13.0. The molecule has 1 aliphatic carbocycles. The molecule has 0 aromatic heterocycles. The molecule has 1 aliphatic rings. The molecule has 0 atom stereocenters. The summed E-state index contributed by atoms with van der Waals surface area (Å²) in [7, 11) is 0. The van der Waals surface area contributed by atoms with Crippen molar-refractivity contribution in [3.63, 3.8) is 0 Å². The van der Waals surface area contributed by atoms with Crippen molar-refractivity contribution in [2.75, 3.05) is 0 Å². The van der Waals surface area contributed by atoms with Gasteiger partial charge in [0.2, 0.25) is 0 Å². The first kappa shape index (κ1) is 12.8. The monoisotopic (exact) mass is 250 g/mol. The van der Waals surface area contributed by atoms with Gasteiger partial charge in [-0.05, 0) is 48.6 Å². The molecule has 1 N–H and O–H groups in total. The van der Waals surface area contributed by atoms with Crippen LogP contribution in [0.25, 0.3) is 6.08 Å². The van der Waals surface area contributed by atoms with E-state index in [4.69, 9.17) is 9.84 Å². The van der Waals surface area contributed by atoms with Gasteiger partial charge in [-0.15, -0.1) is 0 Å². The lowest BCUT2D eigenvalue weighted by Crippen LogP contribution is -2.21. The molecule has 0 bridgehead atoms. The first-order valence-corrected chi connectivity index (χ1v) is 5.96. The Balaban J connectivity index is 2.08. The predicted molar refractivity (Wildman–Crippen MR) is 65.5 cm³/mol. The van der Waals surface area contributed by atoms with Crippen LogP contribution in [-0.2, 0) is 16.1 Å². The summed E-state index contributed by atoms with van der Waals surface area (Å²) in [5.41, 5.74) is 1.36. The molecule has 0 amide bonds. The Kier molecular flexibility index (Phi) is 4.10. The van der Waals surface area contributed by atoms with Crippen LogP contribution in [0.2, 0.25) is 0 Å². The van der Waals surface area contributed by atoms with Crippen molar-refractivity contribution in [2.24, 2.45) is 0 Å². The number of carboxylic acids is 1. The highest BCUT2D eigenvalue weighted by Crippen LogP contribution is 2.24. The van der Waals surface area contributed by atoms with Crippen molar-refractivity contribution in [3.8, 4) is 0 Å². The standard InChI is InChI=1S/C14H15FO3/c15-12-6-4-11(9-18-13-2-1-3-13)10(8-12)5-7-14(16)17/h4-8,13H,1-3,9H2,(H,16,17)/b7-5+. The molecule has 2 rings (SSSR count). The van der Waals surface area contributed by atoms with E-state index >= 15 is 0 Å². The van der Waals surface area contributed by atoms with E-state index in [1.807, 2.05) is 0 Å². The molecular formula is C14H15FO3. The van der Waals surface area contributed by atoms with Gasteiger partial charge in [0.25, 0.3) is 0 Å². The van der Waals surface area contributed by atoms with Gasteiger partial charge in [0, 0.05) is 6.08 Å². The van der Waals surface area contributed by atoms with E-state index in [2.05, 4.69) is 0 Å². The molecule has 3 nitrogen and oxygen atoms in total. The lowest BCUT2D eigenvalue weighted by molar-refractivity contribution is -0.131. The number of halogens is 1. The highest BCUT2D eigenvalue weighted by Gasteiger charge is 2.18. The highest BCUT2D eigenvalue weighted by molar-refractivity contribution is 5.85. The van der Waals surface area contributed by atoms with Gasteiger partial charge in [-0.1, -0.05) is 6.07 Å². The normalized spacial score (nSPS) is 15.8. The first-order valence-electron chi connectivity index (χ1n) is 5.96. The SMILES string of the molecule is O=C(O)/C=C/c1cc(F)ccc1COC1CCC1. The molecule has 0 spiro atoms. The fourth-order valence-electron chi connectivity index (χ4n) is 1.76. The Bertz CT molecular complexity index is 464.